The van der Waals surface area contributed by atoms with Crippen molar-refractivity contribution in [3.05, 3.63) is 18.2 Å². The van der Waals surface area contributed by atoms with Crippen LogP contribution >= 0.6 is 0 Å². The molecule has 0 bridgehead atoms. The molecule has 0 saturated heterocycles. The Balaban J connectivity index is 2.68. The number of aliphatic hydroxyl groups excluding tert-OH is 1. The standard InChI is InChI=1S/C8H14N2O/c1-3-8-9-4-5-10(8)6-7(2)11/h4-5,7,11H,3,6H2,1-2H3/t7-/m1/s1. The van der Waals surface area contributed by atoms with Crippen LogP contribution in [0.15, 0.2) is 12.4 Å². The highest BCUT2D eigenvalue weighted by Gasteiger charge is 2.01. The fourth-order valence-corrected chi connectivity index (χ4v) is 1.11. The molecule has 0 saturated carbocycles. The van der Waals surface area contributed by atoms with Gasteiger partial charge in [0.1, 0.15) is 5.82 Å². The van der Waals surface area contributed by atoms with Crippen molar-refractivity contribution in [3.63, 3.8) is 0 Å². The Labute approximate surface area is 66.7 Å². The van der Waals surface area contributed by atoms with Crippen LogP contribution in [-0.4, -0.2) is 20.8 Å². The Morgan fingerprint density at radius 1 is 1.73 bits per heavy atom. The smallest absolute Gasteiger partial charge is 0.108 e. The average molecular weight is 154 g/mol. The van der Waals surface area contributed by atoms with Crippen LogP contribution in [-0.2, 0) is 13.0 Å². The molecule has 62 valence electrons. The lowest BCUT2D eigenvalue weighted by atomic mass is 10.4. The highest BCUT2D eigenvalue weighted by molar-refractivity contribution is 4.91. The van der Waals surface area contributed by atoms with E-state index in [-0.39, 0.29) is 6.10 Å². The molecule has 0 fully saturated rings. The predicted molar refractivity (Wildman–Crippen MR) is 43.3 cm³/mol. The molecule has 1 aromatic heterocycles. The summed E-state index contributed by atoms with van der Waals surface area (Å²) >= 11 is 0. The second kappa shape index (κ2) is 3.53. The second-order valence-electron chi connectivity index (χ2n) is 2.70. The van der Waals surface area contributed by atoms with Gasteiger partial charge in [-0.05, 0) is 6.92 Å². The van der Waals surface area contributed by atoms with Gasteiger partial charge in [-0.3, -0.25) is 0 Å². The van der Waals surface area contributed by atoms with Gasteiger partial charge in [0.05, 0.1) is 6.10 Å². The van der Waals surface area contributed by atoms with Gasteiger partial charge >= 0.3 is 0 Å². The van der Waals surface area contributed by atoms with Gasteiger partial charge < -0.3 is 9.67 Å². The number of aliphatic hydroxyl groups is 1. The molecule has 3 heteroatoms. The fraction of sp³-hybridized carbons (Fsp3) is 0.625. The maximum atomic E-state index is 9.10. The van der Waals surface area contributed by atoms with Crippen LogP contribution in [0.25, 0.3) is 0 Å². The Morgan fingerprint density at radius 3 is 3.00 bits per heavy atom. The first-order chi connectivity index (χ1) is 5.24. The topological polar surface area (TPSA) is 38.0 Å². The van der Waals surface area contributed by atoms with Gasteiger partial charge in [0.15, 0.2) is 0 Å². The molecule has 1 aromatic rings. The SMILES string of the molecule is CCc1nccn1C[C@@H](C)O. The maximum absolute atomic E-state index is 9.10. The number of hydrogen-bond donors (Lipinski definition) is 1. The zero-order valence-electron chi connectivity index (χ0n) is 6.99. The molecule has 0 aliphatic carbocycles. The van der Waals surface area contributed by atoms with Crippen molar-refractivity contribution in [2.45, 2.75) is 32.9 Å². The number of imidazole rings is 1. The molecule has 0 unspecified atom stereocenters. The van der Waals surface area contributed by atoms with Crippen LogP contribution in [0.2, 0.25) is 0 Å². The van der Waals surface area contributed by atoms with E-state index in [1.807, 2.05) is 10.8 Å². The van der Waals surface area contributed by atoms with Crippen molar-refractivity contribution in [3.8, 4) is 0 Å². The van der Waals surface area contributed by atoms with E-state index in [2.05, 4.69) is 11.9 Å². The third-order valence-corrected chi connectivity index (χ3v) is 1.58. The molecule has 1 atom stereocenters. The predicted octanol–water partition coefficient (Wildman–Crippen LogP) is 0.826. The summed E-state index contributed by atoms with van der Waals surface area (Å²) in [4.78, 5) is 4.14. The summed E-state index contributed by atoms with van der Waals surface area (Å²) in [5.74, 6) is 1.03. The van der Waals surface area contributed by atoms with E-state index in [1.54, 1.807) is 13.1 Å². The summed E-state index contributed by atoms with van der Waals surface area (Å²) in [6.45, 7) is 4.48. The molecule has 1 N–H and O–H groups in total. The average Bonchev–Trinajstić information content (AvgIpc) is 2.34. The van der Waals surface area contributed by atoms with Gasteiger partial charge in [-0.1, -0.05) is 6.92 Å². The molecule has 3 nitrogen and oxygen atoms in total. The lowest BCUT2D eigenvalue weighted by Crippen LogP contribution is -2.13. The molecule has 0 aromatic carbocycles. The number of aromatic nitrogens is 2. The first-order valence-corrected chi connectivity index (χ1v) is 3.92. The third-order valence-electron chi connectivity index (χ3n) is 1.58. The van der Waals surface area contributed by atoms with Crippen LogP contribution in [0, 0.1) is 0 Å². The van der Waals surface area contributed by atoms with E-state index in [4.69, 9.17) is 5.11 Å². The Morgan fingerprint density at radius 2 is 2.45 bits per heavy atom. The van der Waals surface area contributed by atoms with Crippen LogP contribution in [0.1, 0.15) is 19.7 Å². The second-order valence-corrected chi connectivity index (χ2v) is 2.70. The minimum atomic E-state index is -0.297. The summed E-state index contributed by atoms with van der Waals surface area (Å²) in [7, 11) is 0. The van der Waals surface area contributed by atoms with Crippen molar-refractivity contribution >= 4 is 0 Å². The van der Waals surface area contributed by atoms with E-state index < -0.39 is 0 Å². The monoisotopic (exact) mass is 154 g/mol. The van der Waals surface area contributed by atoms with Crippen molar-refractivity contribution in [1.82, 2.24) is 9.55 Å². The molecule has 0 amide bonds. The van der Waals surface area contributed by atoms with Crippen LogP contribution in [0.5, 0.6) is 0 Å². The van der Waals surface area contributed by atoms with E-state index >= 15 is 0 Å². The van der Waals surface area contributed by atoms with E-state index in [0.29, 0.717) is 6.54 Å². The summed E-state index contributed by atoms with van der Waals surface area (Å²) in [6.07, 6.45) is 4.28. The van der Waals surface area contributed by atoms with Crippen LogP contribution in [0.3, 0.4) is 0 Å². The van der Waals surface area contributed by atoms with Crippen molar-refractivity contribution in [2.24, 2.45) is 0 Å². The molecule has 0 radical (unpaired) electrons. The van der Waals surface area contributed by atoms with Gasteiger partial charge in [0.25, 0.3) is 0 Å². The Bertz CT molecular complexity index is 218. The van der Waals surface area contributed by atoms with E-state index in [1.165, 1.54) is 0 Å². The number of nitrogens with zero attached hydrogens (tertiary/aromatic N) is 2. The van der Waals surface area contributed by atoms with Crippen molar-refractivity contribution in [2.75, 3.05) is 0 Å². The van der Waals surface area contributed by atoms with Gasteiger partial charge in [-0.2, -0.15) is 0 Å². The summed E-state index contributed by atoms with van der Waals surface area (Å²) in [6, 6.07) is 0. The lowest BCUT2D eigenvalue weighted by Gasteiger charge is -2.07. The van der Waals surface area contributed by atoms with E-state index in [9.17, 15) is 0 Å². The maximum Gasteiger partial charge on any atom is 0.108 e. The number of rotatable bonds is 3. The number of aryl methyl sites for hydroxylation is 1. The van der Waals surface area contributed by atoms with Crippen LogP contribution < -0.4 is 0 Å². The Kier molecular flexibility index (Phi) is 2.65. The molecule has 0 aliphatic heterocycles. The van der Waals surface area contributed by atoms with Gasteiger partial charge in [-0.15, -0.1) is 0 Å². The van der Waals surface area contributed by atoms with Gasteiger partial charge in [-0.25, -0.2) is 4.98 Å². The summed E-state index contributed by atoms with van der Waals surface area (Å²) < 4.78 is 1.98. The fourth-order valence-electron chi connectivity index (χ4n) is 1.11. The van der Waals surface area contributed by atoms with Gasteiger partial charge in [0.2, 0.25) is 0 Å². The highest BCUT2D eigenvalue weighted by Crippen LogP contribution is 1.99. The summed E-state index contributed by atoms with van der Waals surface area (Å²) in [5.41, 5.74) is 0. The van der Waals surface area contributed by atoms with Crippen LogP contribution in [0.4, 0.5) is 0 Å². The first-order valence-electron chi connectivity index (χ1n) is 3.92. The molecular weight excluding hydrogens is 140 g/mol. The summed E-state index contributed by atoms with van der Waals surface area (Å²) in [5, 5.41) is 9.10. The normalized spacial score (nSPS) is 13.4. The minimum absolute atomic E-state index is 0.297. The zero-order chi connectivity index (χ0) is 8.27. The molecule has 1 heterocycles. The zero-order valence-corrected chi connectivity index (χ0v) is 6.99. The van der Waals surface area contributed by atoms with E-state index in [0.717, 1.165) is 12.2 Å². The lowest BCUT2D eigenvalue weighted by molar-refractivity contribution is 0.172. The molecule has 1 rings (SSSR count). The molecule has 0 aliphatic rings. The molecule has 11 heavy (non-hydrogen) atoms. The third kappa shape index (κ3) is 2.05. The highest BCUT2D eigenvalue weighted by atomic mass is 16.3. The minimum Gasteiger partial charge on any atom is -0.392 e. The largest absolute Gasteiger partial charge is 0.392 e. The Hall–Kier alpha value is -0.830. The first kappa shape index (κ1) is 8.27. The number of hydrogen-bond acceptors (Lipinski definition) is 2. The molecular formula is C8H14N2O. The van der Waals surface area contributed by atoms with Crippen molar-refractivity contribution < 1.29 is 5.11 Å². The molecule has 0 spiro atoms. The van der Waals surface area contributed by atoms with Crippen molar-refractivity contribution in [1.29, 1.82) is 0 Å². The quantitative estimate of drug-likeness (QED) is 0.700. The van der Waals surface area contributed by atoms with Gasteiger partial charge in [0, 0.05) is 25.4 Å².